The Kier molecular flexibility index (Phi) is 2.91. The van der Waals surface area contributed by atoms with Crippen LogP contribution in [0.1, 0.15) is 12.8 Å². The number of nitrogens with two attached hydrogens (primary N) is 1. The van der Waals surface area contributed by atoms with E-state index in [9.17, 15) is 4.79 Å². The zero-order valence-corrected chi connectivity index (χ0v) is 11.4. The molecule has 1 fully saturated rings. The van der Waals surface area contributed by atoms with Crippen LogP contribution in [0.3, 0.4) is 0 Å². The van der Waals surface area contributed by atoms with Crippen molar-refractivity contribution in [1.29, 1.82) is 0 Å². The Morgan fingerprint density at radius 1 is 1.58 bits per heavy atom. The first-order chi connectivity index (χ1) is 9.16. The number of fused-ring (bicyclic) bond motifs is 1. The van der Waals surface area contributed by atoms with E-state index in [1.807, 2.05) is 18.2 Å². The Morgan fingerprint density at radius 3 is 3.00 bits per heavy atom. The lowest BCUT2D eigenvalue weighted by Crippen LogP contribution is -2.30. The molecule has 0 atom stereocenters. The van der Waals surface area contributed by atoms with Crippen LogP contribution < -0.4 is 15.8 Å². The first-order valence-electron chi connectivity index (χ1n) is 6.13. The molecule has 1 aromatic carbocycles. The van der Waals surface area contributed by atoms with Crippen molar-refractivity contribution in [2.75, 3.05) is 19.0 Å². The van der Waals surface area contributed by atoms with Crippen LogP contribution in [0.4, 0.5) is 5.13 Å². The lowest BCUT2D eigenvalue weighted by atomic mass is 10.1. The number of ether oxygens (including phenoxy) is 1. The van der Waals surface area contributed by atoms with Gasteiger partial charge >= 0.3 is 0 Å². The molecule has 0 unspecified atom stereocenters. The number of hydrogen-bond donors (Lipinski definition) is 2. The number of methoxy groups -OCH3 is 1. The predicted molar refractivity (Wildman–Crippen MR) is 75.5 cm³/mol. The highest BCUT2D eigenvalue weighted by atomic mass is 32.1. The van der Waals surface area contributed by atoms with Gasteiger partial charge in [-0.2, -0.15) is 0 Å². The van der Waals surface area contributed by atoms with E-state index in [0.29, 0.717) is 11.7 Å². The monoisotopic (exact) mass is 277 g/mol. The van der Waals surface area contributed by atoms with E-state index in [4.69, 9.17) is 10.5 Å². The Labute approximate surface area is 114 Å². The summed E-state index contributed by atoms with van der Waals surface area (Å²) < 4.78 is 6.16. The molecule has 1 aromatic heterocycles. The van der Waals surface area contributed by atoms with Gasteiger partial charge in [0.1, 0.15) is 5.75 Å². The number of aromatic nitrogens is 1. The maximum Gasteiger partial charge on any atom is 0.233 e. The summed E-state index contributed by atoms with van der Waals surface area (Å²) in [6.45, 7) is 0.400. The summed E-state index contributed by atoms with van der Waals surface area (Å²) in [6.07, 6.45) is 1.74. The van der Waals surface area contributed by atoms with Crippen molar-refractivity contribution in [3.05, 3.63) is 18.2 Å². The highest BCUT2D eigenvalue weighted by molar-refractivity contribution is 7.22. The molecule has 1 heterocycles. The van der Waals surface area contributed by atoms with Crippen molar-refractivity contribution in [2.45, 2.75) is 12.8 Å². The van der Waals surface area contributed by atoms with E-state index in [1.54, 1.807) is 7.11 Å². The maximum absolute atomic E-state index is 12.1. The number of amides is 1. The standard InChI is InChI=1S/C13H15N3O2S/c1-18-8-2-3-9-10(6-8)19-12(15-9)16-11(17)13(7-14)4-5-13/h2-3,6H,4-5,7,14H2,1H3,(H,15,16,17). The summed E-state index contributed by atoms with van der Waals surface area (Å²) >= 11 is 1.45. The number of thiazole rings is 1. The zero-order valence-electron chi connectivity index (χ0n) is 10.6. The van der Waals surface area contributed by atoms with E-state index in [1.165, 1.54) is 11.3 Å². The van der Waals surface area contributed by atoms with Crippen LogP contribution in [0.15, 0.2) is 18.2 Å². The number of carbonyl (C=O) groups excluding carboxylic acids is 1. The van der Waals surface area contributed by atoms with Crippen LogP contribution >= 0.6 is 11.3 Å². The van der Waals surface area contributed by atoms with Crippen LogP contribution in [-0.2, 0) is 4.79 Å². The molecule has 0 aliphatic heterocycles. The van der Waals surface area contributed by atoms with Crippen LogP contribution in [0.2, 0.25) is 0 Å². The topological polar surface area (TPSA) is 77.2 Å². The first kappa shape index (κ1) is 12.4. The second-order valence-electron chi connectivity index (χ2n) is 4.79. The summed E-state index contributed by atoms with van der Waals surface area (Å²) in [5, 5.41) is 3.49. The molecule has 1 aliphatic rings. The predicted octanol–water partition coefficient (Wildman–Crippen LogP) is 1.98. The van der Waals surface area contributed by atoms with Gasteiger partial charge in [0.15, 0.2) is 5.13 Å². The lowest BCUT2D eigenvalue weighted by molar-refractivity contribution is -0.120. The van der Waals surface area contributed by atoms with Gasteiger partial charge in [0, 0.05) is 6.54 Å². The van der Waals surface area contributed by atoms with E-state index in [0.717, 1.165) is 28.8 Å². The van der Waals surface area contributed by atoms with Gasteiger partial charge in [-0.3, -0.25) is 4.79 Å². The summed E-state index contributed by atoms with van der Waals surface area (Å²) in [5.41, 5.74) is 6.15. The molecule has 5 nitrogen and oxygen atoms in total. The van der Waals surface area contributed by atoms with Crippen LogP contribution in [0.25, 0.3) is 10.2 Å². The molecule has 1 amide bonds. The molecule has 0 radical (unpaired) electrons. The third-order valence-electron chi connectivity index (χ3n) is 3.54. The van der Waals surface area contributed by atoms with Crippen LogP contribution in [0.5, 0.6) is 5.75 Å². The molecular formula is C13H15N3O2S. The Bertz CT molecular complexity index is 634. The van der Waals surface area contributed by atoms with Crippen LogP contribution in [0, 0.1) is 5.41 Å². The highest BCUT2D eigenvalue weighted by Crippen LogP contribution is 2.45. The largest absolute Gasteiger partial charge is 0.497 e. The Balaban J connectivity index is 1.83. The van der Waals surface area contributed by atoms with Gasteiger partial charge in [0.25, 0.3) is 0 Å². The minimum atomic E-state index is -0.352. The molecule has 0 spiro atoms. The van der Waals surface area contributed by atoms with E-state index >= 15 is 0 Å². The summed E-state index contributed by atoms with van der Waals surface area (Å²) in [4.78, 5) is 16.5. The smallest absolute Gasteiger partial charge is 0.233 e. The minimum absolute atomic E-state index is 0.0129. The molecule has 2 aromatic rings. The lowest BCUT2D eigenvalue weighted by Gasteiger charge is -2.10. The van der Waals surface area contributed by atoms with Crippen molar-refractivity contribution < 1.29 is 9.53 Å². The van der Waals surface area contributed by atoms with Gasteiger partial charge in [-0.15, -0.1) is 0 Å². The van der Waals surface area contributed by atoms with E-state index in [-0.39, 0.29) is 11.3 Å². The molecule has 3 N–H and O–H groups in total. The number of benzene rings is 1. The van der Waals surface area contributed by atoms with Crippen molar-refractivity contribution >= 4 is 32.6 Å². The van der Waals surface area contributed by atoms with Gasteiger partial charge in [0.2, 0.25) is 5.91 Å². The molecule has 0 bridgehead atoms. The normalized spacial score (nSPS) is 16.3. The second kappa shape index (κ2) is 4.47. The molecule has 3 rings (SSSR count). The van der Waals surface area contributed by atoms with Crippen molar-refractivity contribution in [3.8, 4) is 5.75 Å². The fourth-order valence-electron chi connectivity index (χ4n) is 1.99. The maximum atomic E-state index is 12.1. The van der Waals surface area contributed by atoms with Gasteiger partial charge in [-0.25, -0.2) is 4.98 Å². The number of nitrogens with zero attached hydrogens (tertiary/aromatic N) is 1. The quantitative estimate of drug-likeness (QED) is 0.896. The van der Waals surface area contributed by atoms with Gasteiger partial charge < -0.3 is 15.8 Å². The zero-order chi connectivity index (χ0) is 13.5. The number of carbonyl (C=O) groups is 1. The summed E-state index contributed by atoms with van der Waals surface area (Å²) in [6, 6.07) is 5.66. The summed E-state index contributed by atoms with van der Waals surface area (Å²) in [7, 11) is 1.63. The molecule has 6 heteroatoms. The average molecular weight is 277 g/mol. The molecule has 1 aliphatic carbocycles. The Hall–Kier alpha value is -1.66. The van der Waals surface area contributed by atoms with Gasteiger partial charge in [0.05, 0.1) is 22.7 Å². The fourth-order valence-corrected chi connectivity index (χ4v) is 2.88. The van der Waals surface area contributed by atoms with Crippen LogP contribution in [-0.4, -0.2) is 24.5 Å². The fraction of sp³-hybridized carbons (Fsp3) is 0.385. The SMILES string of the molecule is COc1ccc2nc(NC(=O)C3(CN)CC3)sc2c1. The van der Waals surface area contributed by atoms with Crippen molar-refractivity contribution in [3.63, 3.8) is 0 Å². The minimum Gasteiger partial charge on any atom is -0.497 e. The summed E-state index contributed by atoms with van der Waals surface area (Å²) in [5.74, 6) is 0.774. The highest BCUT2D eigenvalue weighted by Gasteiger charge is 2.48. The number of hydrogen-bond acceptors (Lipinski definition) is 5. The van der Waals surface area contributed by atoms with E-state index < -0.39 is 0 Å². The number of anilines is 1. The van der Waals surface area contributed by atoms with E-state index in [2.05, 4.69) is 10.3 Å². The Morgan fingerprint density at radius 2 is 2.37 bits per heavy atom. The molecular weight excluding hydrogens is 262 g/mol. The molecule has 19 heavy (non-hydrogen) atoms. The first-order valence-corrected chi connectivity index (χ1v) is 6.95. The molecule has 0 saturated heterocycles. The van der Waals surface area contributed by atoms with Crippen molar-refractivity contribution in [1.82, 2.24) is 4.98 Å². The number of nitrogens with one attached hydrogen (secondary N) is 1. The van der Waals surface area contributed by atoms with Gasteiger partial charge in [-0.1, -0.05) is 11.3 Å². The molecule has 1 saturated carbocycles. The van der Waals surface area contributed by atoms with Crippen molar-refractivity contribution in [2.24, 2.45) is 11.1 Å². The van der Waals surface area contributed by atoms with Gasteiger partial charge in [-0.05, 0) is 31.0 Å². The third-order valence-corrected chi connectivity index (χ3v) is 4.48. The number of rotatable bonds is 4. The third kappa shape index (κ3) is 2.17. The average Bonchev–Trinajstić information content (AvgIpc) is 3.13. The second-order valence-corrected chi connectivity index (χ2v) is 5.82. The molecule has 100 valence electrons.